The minimum absolute atomic E-state index is 0.630. The highest BCUT2D eigenvalue weighted by atomic mass is 35.5. The number of thiophene rings is 1. The molecule has 0 aliphatic rings. The molecule has 2 aromatic rings. The highest BCUT2D eigenvalue weighted by Gasteiger charge is 2.10. The molecule has 96 valence electrons. The van der Waals surface area contributed by atoms with E-state index in [0.717, 1.165) is 24.4 Å². The molecule has 0 aliphatic carbocycles. The van der Waals surface area contributed by atoms with Gasteiger partial charge in [0, 0.05) is 5.02 Å². The summed E-state index contributed by atoms with van der Waals surface area (Å²) in [7, 11) is 2.02. The number of rotatable bonds is 6. The Morgan fingerprint density at radius 1 is 1.11 bits per heavy atom. The zero-order chi connectivity index (χ0) is 12.8. The van der Waals surface area contributed by atoms with Crippen LogP contribution >= 0.6 is 22.9 Å². The van der Waals surface area contributed by atoms with Crippen molar-refractivity contribution in [2.75, 3.05) is 13.6 Å². The molecule has 18 heavy (non-hydrogen) atoms. The number of halogens is 1. The van der Waals surface area contributed by atoms with Crippen LogP contribution in [0.4, 0.5) is 0 Å². The van der Waals surface area contributed by atoms with E-state index in [0.29, 0.717) is 5.92 Å². The van der Waals surface area contributed by atoms with Crippen LogP contribution in [0.3, 0.4) is 0 Å². The third kappa shape index (κ3) is 4.13. The van der Waals surface area contributed by atoms with Crippen molar-refractivity contribution in [3.63, 3.8) is 0 Å². The van der Waals surface area contributed by atoms with Crippen molar-refractivity contribution >= 4 is 22.9 Å². The molecule has 0 amide bonds. The highest BCUT2D eigenvalue weighted by Crippen LogP contribution is 2.18. The van der Waals surface area contributed by atoms with Gasteiger partial charge in [-0.15, -0.1) is 0 Å². The summed E-state index contributed by atoms with van der Waals surface area (Å²) in [5.41, 5.74) is 2.80. The van der Waals surface area contributed by atoms with Crippen molar-refractivity contribution in [3.05, 3.63) is 57.2 Å². The molecule has 0 aliphatic heterocycles. The molecule has 0 radical (unpaired) electrons. The van der Waals surface area contributed by atoms with Crippen LogP contribution in [-0.2, 0) is 12.8 Å². The van der Waals surface area contributed by atoms with Gasteiger partial charge in [0.15, 0.2) is 0 Å². The molecule has 0 fully saturated rings. The molecule has 1 heterocycles. The predicted molar refractivity (Wildman–Crippen MR) is 80.6 cm³/mol. The Labute approximate surface area is 118 Å². The third-order valence-electron chi connectivity index (χ3n) is 3.03. The smallest absolute Gasteiger partial charge is 0.0406 e. The van der Waals surface area contributed by atoms with Crippen molar-refractivity contribution in [1.82, 2.24) is 5.32 Å². The first-order valence-electron chi connectivity index (χ1n) is 6.18. The van der Waals surface area contributed by atoms with Gasteiger partial charge in [-0.25, -0.2) is 0 Å². The SMILES string of the molecule is CNCC(Cc1ccc(Cl)cc1)Cc1ccsc1. The molecule has 3 heteroatoms. The van der Waals surface area contributed by atoms with Gasteiger partial charge < -0.3 is 5.32 Å². The molecular formula is C15H18ClNS. The van der Waals surface area contributed by atoms with Gasteiger partial charge in [0.05, 0.1) is 0 Å². The predicted octanol–water partition coefficient (Wildman–Crippen LogP) is 4.02. The lowest BCUT2D eigenvalue weighted by Gasteiger charge is -2.16. The van der Waals surface area contributed by atoms with Crippen LogP contribution in [-0.4, -0.2) is 13.6 Å². The normalized spacial score (nSPS) is 12.6. The second-order valence-electron chi connectivity index (χ2n) is 4.59. The first-order chi connectivity index (χ1) is 8.78. The summed E-state index contributed by atoms with van der Waals surface area (Å²) in [6.45, 7) is 1.04. The molecule has 0 saturated heterocycles. The van der Waals surface area contributed by atoms with E-state index in [2.05, 4.69) is 34.3 Å². The lowest BCUT2D eigenvalue weighted by molar-refractivity contribution is 0.494. The fourth-order valence-corrected chi connectivity index (χ4v) is 3.01. The summed E-state index contributed by atoms with van der Waals surface area (Å²) in [4.78, 5) is 0. The number of nitrogens with one attached hydrogen (secondary N) is 1. The average Bonchev–Trinajstić information content (AvgIpc) is 2.85. The van der Waals surface area contributed by atoms with Crippen LogP contribution in [0.25, 0.3) is 0 Å². The molecule has 0 bridgehead atoms. The van der Waals surface area contributed by atoms with Gasteiger partial charge in [0.1, 0.15) is 0 Å². The third-order valence-corrected chi connectivity index (χ3v) is 4.02. The zero-order valence-electron chi connectivity index (χ0n) is 10.5. The maximum absolute atomic E-state index is 5.91. The average molecular weight is 280 g/mol. The summed E-state index contributed by atoms with van der Waals surface area (Å²) < 4.78 is 0. The van der Waals surface area contributed by atoms with E-state index in [4.69, 9.17) is 11.6 Å². The van der Waals surface area contributed by atoms with E-state index >= 15 is 0 Å². The monoisotopic (exact) mass is 279 g/mol. The molecule has 1 aromatic heterocycles. The molecular weight excluding hydrogens is 262 g/mol. The summed E-state index contributed by atoms with van der Waals surface area (Å²) in [5.74, 6) is 0.630. The van der Waals surface area contributed by atoms with Gasteiger partial charge >= 0.3 is 0 Å². The maximum Gasteiger partial charge on any atom is 0.0406 e. The highest BCUT2D eigenvalue weighted by molar-refractivity contribution is 7.07. The number of benzene rings is 1. The molecule has 0 spiro atoms. The molecule has 1 aromatic carbocycles. The van der Waals surface area contributed by atoms with Gasteiger partial charge in [0.2, 0.25) is 0 Å². The summed E-state index contributed by atoms with van der Waals surface area (Å²) in [5, 5.41) is 8.48. The lowest BCUT2D eigenvalue weighted by Crippen LogP contribution is -2.22. The van der Waals surface area contributed by atoms with E-state index in [1.165, 1.54) is 11.1 Å². The quantitative estimate of drug-likeness (QED) is 0.842. The van der Waals surface area contributed by atoms with Crippen LogP contribution in [0.5, 0.6) is 0 Å². The van der Waals surface area contributed by atoms with Crippen LogP contribution in [0, 0.1) is 5.92 Å². The van der Waals surface area contributed by atoms with Crippen molar-refractivity contribution in [3.8, 4) is 0 Å². The summed E-state index contributed by atoms with van der Waals surface area (Å²) >= 11 is 7.68. The van der Waals surface area contributed by atoms with Gasteiger partial charge in [-0.05, 0) is 72.4 Å². The Morgan fingerprint density at radius 2 is 1.83 bits per heavy atom. The number of hydrogen-bond donors (Lipinski definition) is 1. The van der Waals surface area contributed by atoms with Gasteiger partial charge in [-0.3, -0.25) is 0 Å². The molecule has 1 N–H and O–H groups in total. The van der Waals surface area contributed by atoms with E-state index in [9.17, 15) is 0 Å². The summed E-state index contributed by atoms with van der Waals surface area (Å²) in [6.07, 6.45) is 2.22. The minimum atomic E-state index is 0.630. The van der Waals surface area contributed by atoms with Crippen LogP contribution in [0.1, 0.15) is 11.1 Å². The van der Waals surface area contributed by atoms with Crippen molar-refractivity contribution in [2.24, 2.45) is 5.92 Å². The topological polar surface area (TPSA) is 12.0 Å². The van der Waals surface area contributed by atoms with Crippen LogP contribution in [0.15, 0.2) is 41.1 Å². The van der Waals surface area contributed by atoms with Gasteiger partial charge in [0.25, 0.3) is 0 Å². The summed E-state index contributed by atoms with van der Waals surface area (Å²) in [6, 6.07) is 10.4. The van der Waals surface area contributed by atoms with Gasteiger partial charge in [-0.2, -0.15) is 11.3 Å². The Kier molecular flexibility index (Phi) is 5.24. The molecule has 1 unspecified atom stereocenters. The second-order valence-corrected chi connectivity index (χ2v) is 5.81. The molecule has 1 nitrogen and oxygen atoms in total. The van der Waals surface area contributed by atoms with Crippen LogP contribution < -0.4 is 5.32 Å². The van der Waals surface area contributed by atoms with Crippen molar-refractivity contribution < 1.29 is 0 Å². The lowest BCUT2D eigenvalue weighted by atomic mass is 9.93. The van der Waals surface area contributed by atoms with Crippen LogP contribution in [0.2, 0.25) is 5.02 Å². The van der Waals surface area contributed by atoms with E-state index in [-0.39, 0.29) is 0 Å². The molecule has 1 atom stereocenters. The number of hydrogen-bond acceptors (Lipinski definition) is 2. The van der Waals surface area contributed by atoms with Gasteiger partial charge in [-0.1, -0.05) is 23.7 Å². The Morgan fingerprint density at radius 3 is 2.44 bits per heavy atom. The molecule has 0 saturated carbocycles. The first-order valence-corrected chi connectivity index (χ1v) is 7.50. The van der Waals surface area contributed by atoms with E-state index < -0.39 is 0 Å². The Balaban J connectivity index is 1.99. The fraction of sp³-hybridized carbons (Fsp3) is 0.333. The second kappa shape index (κ2) is 6.93. The Hall–Kier alpha value is -0.830. The van der Waals surface area contributed by atoms with E-state index in [1.807, 2.05) is 19.2 Å². The standard InChI is InChI=1S/C15H18ClNS/c1-17-10-14(9-13-6-7-18-11-13)8-12-2-4-15(16)5-3-12/h2-7,11,14,17H,8-10H2,1H3. The Bertz CT molecular complexity index is 450. The maximum atomic E-state index is 5.91. The fourth-order valence-electron chi connectivity index (χ4n) is 2.20. The first kappa shape index (κ1) is 13.6. The minimum Gasteiger partial charge on any atom is -0.319 e. The van der Waals surface area contributed by atoms with E-state index in [1.54, 1.807) is 11.3 Å². The zero-order valence-corrected chi connectivity index (χ0v) is 12.1. The largest absolute Gasteiger partial charge is 0.319 e. The van der Waals surface area contributed by atoms with Crippen molar-refractivity contribution in [2.45, 2.75) is 12.8 Å². The molecule has 2 rings (SSSR count). The van der Waals surface area contributed by atoms with Crippen molar-refractivity contribution in [1.29, 1.82) is 0 Å².